The van der Waals surface area contributed by atoms with Crippen LogP contribution in [0.15, 0.2) is 18.2 Å². The molecule has 5 nitrogen and oxygen atoms in total. The van der Waals surface area contributed by atoms with Crippen molar-refractivity contribution in [1.29, 1.82) is 5.26 Å². The molecule has 1 rings (SSSR count). The Hall–Kier alpha value is -2.06. The Balaban J connectivity index is 3.23. The van der Waals surface area contributed by atoms with E-state index >= 15 is 0 Å². The maximum atomic E-state index is 10.5. The summed E-state index contributed by atoms with van der Waals surface area (Å²) < 4.78 is 0. The molecule has 0 atom stereocenters. The van der Waals surface area contributed by atoms with E-state index in [1.54, 1.807) is 11.5 Å². The second kappa shape index (κ2) is 3.56. The molecule has 1 aromatic rings. The van der Waals surface area contributed by atoms with Gasteiger partial charge in [0.15, 0.2) is 0 Å². The maximum Gasteiger partial charge on any atom is 0.335 e. The lowest BCUT2D eigenvalue weighted by Gasteiger charge is -2.01. The molecule has 1 aromatic carbocycles. The standard InChI is InChI=1S/C8H6N2O3/c9-4-6-3-5(8(11)12)1-2-7(6)10-13/h1-3,10,13H,(H,11,12). The van der Waals surface area contributed by atoms with Gasteiger partial charge in [0.1, 0.15) is 6.07 Å². The van der Waals surface area contributed by atoms with Crippen LogP contribution in [-0.4, -0.2) is 16.3 Å². The van der Waals surface area contributed by atoms with E-state index in [2.05, 4.69) is 0 Å². The molecular weight excluding hydrogens is 172 g/mol. The van der Waals surface area contributed by atoms with E-state index < -0.39 is 5.97 Å². The zero-order valence-corrected chi connectivity index (χ0v) is 6.48. The highest BCUT2D eigenvalue weighted by molar-refractivity contribution is 5.88. The minimum Gasteiger partial charge on any atom is -0.478 e. The number of carbonyl (C=O) groups is 1. The van der Waals surface area contributed by atoms with Crippen LogP contribution >= 0.6 is 0 Å². The Bertz CT molecular complexity index is 381. The normalized spacial score (nSPS) is 8.92. The molecule has 0 aliphatic rings. The highest BCUT2D eigenvalue weighted by Gasteiger charge is 2.06. The van der Waals surface area contributed by atoms with Gasteiger partial charge in [0.05, 0.1) is 16.8 Å². The number of nitrogens with zero attached hydrogens (tertiary/aromatic N) is 1. The second-order valence-corrected chi connectivity index (χ2v) is 2.29. The van der Waals surface area contributed by atoms with Crippen molar-refractivity contribution in [1.82, 2.24) is 0 Å². The SMILES string of the molecule is N#Cc1cc(C(=O)O)ccc1NO. The van der Waals surface area contributed by atoms with Crippen molar-refractivity contribution in [2.24, 2.45) is 0 Å². The highest BCUT2D eigenvalue weighted by Crippen LogP contribution is 2.15. The van der Waals surface area contributed by atoms with Gasteiger partial charge in [-0.05, 0) is 18.2 Å². The van der Waals surface area contributed by atoms with E-state index in [1.807, 2.05) is 0 Å². The molecule has 5 heteroatoms. The van der Waals surface area contributed by atoms with Gasteiger partial charge in [0, 0.05) is 0 Å². The number of aromatic carboxylic acids is 1. The molecule has 0 unspecified atom stereocenters. The minimum absolute atomic E-state index is 0.00977. The summed E-state index contributed by atoms with van der Waals surface area (Å²) in [6, 6.07) is 5.55. The van der Waals surface area contributed by atoms with Crippen molar-refractivity contribution in [3.63, 3.8) is 0 Å². The first kappa shape index (κ1) is 9.03. The van der Waals surface area contributed by atoms with Gasteiger partial charge < -0.3 is 5.11 Å². The molecule has 0 spiro atoms. The lowest BCUT2D eigenvalue weighted by molar-refractivity contribution is 0.0697. The van der Waals surface area contributed by atoms with E-state index in [-0.39, 0.29) is 16.8 Å². The molecule has 0 bridgehead atoms. The zero-order chi connectivity index (χ0) is 9.84. The molecule has 3 N–H and O–H groups in total. The number of carboxylic acid groups (broad SMARTS) is 1. The first-order valence-corrected chi connectivity index (χ1v) is 3.36. The fourth-order valence-electron chi connectivity index (χ4n) is 0.867. The number of rotatable bonds is 2. The third-order valence-corrected chi connectivity index (χ3v) is 1.51. The van der Waals surface area contributed by atoms with Crippen LogP contribution in [0.3, 0.4) is 0 Å². The topological polar surface area (TPSA) is 93.4 Å². The molecule has 0 saturated carbocycles. The summed E-state index contributed by atoms with van der Waals surface area (Å²) in [5, 5.41) is 25.7. The molecular formula is C8H6N2O3. The van der Waals surface area contributed by atoms with Gasteiger partial charge in [-0.15, -0.1) is 0 Å². The van der Waals surface area contributed by atoms with Crippen LogP contribution < -0.4 is 5.48 Å². The van der Waals surface area contributed by atoms with Crippen LogP contribution in [0, 0.1) is 11.3 Å². The molecule has 0 fully saturated rings. The summed E-state index contributed by atoms with van der Waals surface area (Å²) in [6.45, 7) is 0. The van der Waals surface area contributed by atoms with Crippen molar-refractivity contribution in [3.8, 4) is 6.07 Å². The third kappa shape index (κ3) is 1.75. The fourth-order valence-corrected chi connectivity index (χ4v) is 0.867. The molecule has 66 valence electrons. The summed E-state index contributed by atoms with van der Waals surface area (Å²) in [5.41, 5.74) is 2.08. The van der Waals surface area contributed by atoms with E-state index in [1.165, 1.54) is 18.2 Å². The summed E-state index contributed by atoms with van der Waals surface area (Å²) in [5.74, 6) is -1.11. The first-order valence-electron chi connectivity index (χ1n) is 3.36. The molecule has 0 radical (unpaired) electrons. The molecule has 0 amide bonds. The molecule has 0 saturated heterocycles. The summed E-state index contributed by atoms with van der Waals surface area (Å²) in [4.78, 5) is 10.5. The number of hydrogen-bond donors (Lipinski definition) is 3. The number of hydrogen-bond acceptors (Lipinski definition) is 4. The molecule has 0 aliphatic heterocycles. The van der Waals surface area contributed by atoms with E-state index in [4.69, 9.17) is 15.6 Å². The van der Waals surface area contributed by atoms with Crippen LogP contribution in [0.2, 0.25) is 0 Å². The van der Waals surface area contributed by atoms with E-state index in [0.29, 0.717) is 0 Å². The summed E-state index contributed by atoms with van der Waals surface area (Å²) in [7, 11) is 0. The Kier molecular flexibility index (Phi) is 2.47. The van der Waals surface area contributed by atoms with Gasteiger partial charge in [0.25, 0.3) is 0 Å². The van der Waals surface area contributed by atoms with Crippen molar-refractivity contribution in [2.75, 3.05) is 5.48 Å². The van der Waals surface area contributed by atoms with Gasteiger partial charge in [-0.25, -0.2) is 4.79 Å². The highest BCUT2D eigenvalue weighted by atomic mass is 16.5. The molecule has 0 aromatic heterocycles. The molecule has 13 heavy (non-hydrogen) atoms. The number of benzene rings is 1. The van der Waals surface area contributed by atoms with E-state index in [0.717, 1.165) is 0 Å². The van der Waals surface area contributed by atoms with E-state index in [9.17, 15) is 4.79 Å². The second-order valence-electron chi connectivity index (χ2n) is 2.29. The lowest BCUT2D eigenvalue weighted by Crippen LogP contribution is -1.99. The number of carboxylic acids is 1. The quantitative estimate of drug-likeness (QED) is 0.588. The van der Waals surface area contributed by atoms with Gasteiger partial charge in [-0.1, -0.05) is 0 Å². The average Bonchev–Trinajstić information content (AvgIpc) is 2.16. The molecule has 0 aliphatic carbocycles. The van der Waals surface area contributed by atoms with Gasteiger partial charge in [0.2, 0.25) is 0 Å². The van der Waals surface area contributed by atoms with Gasteiger partial charge in [-0.2, -0.15) is 5.26 Å². The van der Waals surface area contributed by atoms with Crippen LogP contribution in [-0.2, 0) is 0 Å². The average molecular weight is 178 g/mol. The van der Waals surface area contributed by atoms with Crippen LogP contribution in [0.25, 0.3) is 0 Å². The minimum atomic E-state index is -1.11. The third-order valence-electron chi connectivity index (χ3n) is 1.51. The number of anilines is 1. The Morgan fingerprint density at radius 2 is 2.23 bits per heavy atom. The molecule has 0 heterocycles. The maximum absolute atomic E-state index is 10.5. The van der Waals surface area contributed by atoms with Gasteiger partial charge in [-0.3, -0.25) is 10.7 Å². The van der Waals surface area contributed by atoms with Crippen molar-refractivity contribution in [2.45, 2.75) is 0 Å². The smallest absolute Gasteiger partial charge is 0.335 e. The Labute approximate surface area is 73.8 Å². The van der Waals surface area contributed by atoms with Crippen LogP contribution in [0.1, 0.15) is 15.9 Å². The Morgan fingerprint density at radius 3 is 2.69 bits per heavy atom. The van der Waals surface area contributed by atoms with Crippen molar-refractivity contribution < 1.29 is 15.1 Å². The lowest BCUT2D eigenvalue weighted by atomic mass is 10.1. The Morgan fingerprint density at radius 1 is 1.54 bits per heavy atom. The number of nitrogens with one attached hydrogen (secondary N) is 1. The zero-order valence-electron chi connectivity index (χ0n) is 6.48. The van der Waals surface area contributed by atoms with Crippen molar-refractivity contribution >= 4 is 11.7 Å². The van der Waals surface area contributed by atoms with Crippen LogP contribution in [0.4, 0.5) is 5.69 Å². The number of nitriles is 1. The summed E-state index contributed by atoms with van der Waals surface area (Å²) in [6.07, 6.45) is 0. The largest absolute Gasteiger partial charge is 0.478 e. The first-order chi connectivity index (χ1) is 6.19. The van der Waals surface area contributed by atoms with Crippen molar-refractivity contribution in [3.05, 3.63) is 29.3 Å². The fraction of sp³-hybridized carbons (Fsp3) is 0. The predicted molar refractivity (Wildman–Crippen MR) is 43.5 cm³/mol. The predicted octanol–water partition coefficient (Wildman–Crippen LogP) is 1.06. The monoisotopic (exact) mass is 178 g/mol. The summed E-state index contributed by atoms with van der Waals surface area (Å²) >= 11 is 0. The van der Waals surface area contributed by atoms with Gasteiger partial charge >= 0.3 is 5.97 Å². The van der Waals surface area contributed by atoms with Crippen LogP contribution in [0.5, 0.6) is 0 Å².